The quantitative estimate of drug-likeness (QED) is 0.634. The first-order chi connectivity index (χ1) is 5.56. The lowest BCUT2D eigenvalue weighted by molar-refractivity contribution is -0.121. The van der Waals surface area contributed by atoms with Crippen LogP contribution in [-0.2, 0) is 4.79 Å². The normalized spacial score (nSPS) is 27.1. The van der Waals surface area contributed by atoms with Gasteiger partial charge < -0.3 is 10.6 Å². The summed E-state index contributed by atoms with van der Waals surface area (Å²) in [7, 11) is 0. The number of hydrogen-bond acceptors (Lipinski definition) is 2. The minimum Gasteiger partial charge on any atom is -0.352 e. The van der Waals surface area contributed by atoms with Crippen molar-refractivity contribution in [2.75, 3.05) is 13.1 Å². The van der Waals surface area contributed by atoms with Gasteiger partial charge in [0.15, 0.2) is 0 Å². The predicted molar refractivity (Wildman–Crippen MR) is 48.9 cm³/mol. The largest absolute Gasteiger partial charge is 0.352 e. The van der Waals surface area contributed by atoms with Crippen molar-refractivity contribution in [3.8, 4) is 0 Å². The second kappa shape index (κ2) is 3.44. The summed E-state index contributed by atoms with van der Waals surface area (Å²) < 4.78 is 0. The van der Waals surface area contributed by atoms with Gasteiger partial charge in [-0.05, 0) is 5.41 Å². The third kappa shape index (κ3) is 1.97. The van der Waals surface area contributed by atoms with Crippen LogP contribution < -0.4 is 10.6 Å². The summed E-state index contributed by atoms with van der Waals surface area (Å²) in [6, 6.07) is 0.296. The molecule has 0 aliphatic carbocycles. The van der Waals surface area contributed by atoms with E-state index in [-0.39, 0.29) is 11.3 Å². The van der Waals surface area contributed by atoms with Gasteiger partial charge in [-0.15, -0.1) is 0 Å². The molecule has 1 fully saturated rings. The van der Waals surface area contributed by atoms with Crippen LogP contribution in [0, 0.1) is 5.41 Å². The summed E-state index contributed by atoms with van der Waals surface area (Å²) in [6.45, 7) is 8.12. The maximum absolute atomic E-state index is 11.1. The van der Waals surface area contributed by atoms with Gasteiger partial charge in [0.05, 0.1) is 0 Å². The van der Waals surface area contributed by atoms with E-state index in [4.69, 9.17) is 0 Å². The van der Waals surface area contributed by atoms with E-state index in [0.717, 1.165) is 13.1 Å². The first-order valence-electron chi connectivity index (χ1n) is 4.56. The molecule has 3 nitrogen and oxygen atoms in total. The monoisotopic (exact) mass is 170 g/mol. The Kier molecular flexibility index (Phi) is 2.73. The van der Waals surface area contributed by atoms with Crippen LogP contribution in [0.1, 0.15) is 27.2 Å². The number of carbonyl (C=O) groups excluding carboxylic acids is 1. The van der Waals surface area contributed by atoms with Crippen molar-refractivity contribution < 1.29 is 4.79 Å². The summed E-state index contributed by atoms with van der Waals surface area (Å²) in [6.07, 6.45) is 0.576. The molecule has 3 heteroatoms. The van der Waals surface area contributed by atoms with Crippen LogP contribution >= 0.6 is 0 Å². The molecule has 0 radical (unpaired) electrons. The molecule has 12 heavy (non-hydrogen) atoms. The van der Waals surface area contributed by atoms with Crippen molar-refractivity contribution in [2.24, 2.45) is 5.41 Å². The molecule has 1 amide bonds. The molecular weight excluding hydrogens is 152 g/mol. The standard InChI is InChI=1S/C9H18N2O/c1-4-8(12)11-7-5-10-6-9(7,2)3/h7,10H,4-6H2,1-3H3,(H,11,12). The summed E-state index contributed by atoms with van der Waals surface area (Å²) in [5, 5.41) is 6.29. The summed E-state index contributed by atoms with van der Waals surface area (Å²) in [5.74, 6) is 0.150. The Labute approximate surface area is 73.9 Å². The highest BCUT2D eigenvalue weighted by atomic mass is 16.1. The topological polar surface area (TPSA) is 41.1 Å². The zero-order chi connectivity index (χ0) is 9.19. The first kappa shape index (κ1) is 9.52. The van der Waals surface area contributed by atoms with E-state index in [1.54, 1.807) is 0 Å². The van der Waals surface area contributed by atoms with Gasteiger partial charge in [-0.3, -0.25) is 4.79 Å². The van der Waals surface area contributed by atoms with Crippen LogP contribution in [-0.4, -0.2) is 25.0 Å². The van der Waals surface area contributed by atoms with Crippen LogP contribution in [0.3, 0.4) is 0 Å². The number of hydrogen-bond donors (Lipinski definition) is 2. The minimum absolute atomic E-state index is 0.150. The lowest BCUT2D eigenvalue weighted by Gasteiger charge is -2.26. The van der Waals surface area contributed by atoms with Crippen LogP contribution in [0.2, 0.25) is 0 Å². The zero-order valence-electron chi connectivity index (χ0n) is 8.11. The van der Waals surface area contributed by atoms with E-state index in [1.807, 2.05) is 6.92 Å². The molecule has 1 aliphatic heterocycles. The molecule has 0 saturated carbocycles. The molecule has 1 heterocycles. The number of rotatable bonds is 2. The van der Waals surface area contributed by atoms with E-state index in [0.29, 0.717) is 12.5 Å². The van der Waals surface area contributed by atoms with E-state index < -0.39 is 0 Å². The zero-order valence-corrected chi connectivity index (χ0v) is 8.11. The van der Waals surface area contributed by atoms with Gasteiger partial charge in [0.1, 0.15) is 0 Å². The highest BCUT2D eigenvalue weighted by Crippen LogP contribution is 2.23. The Morgan fingerprint density at radius 1 is 1.67 bits per heavy atom. The van der Waals surface area contributed by atoms with E-state index in [9.17, 15) is 4.79 Å². The molecule has 1 rings (SSSR count). The van der Waals surface area contributed by atoms with Gasteiger partial charge in [0.2, 0.25) is 5.91 Å². The van der Waals surface area contributed by atoms with Gasteiger partial charge in [-0.1, -0.05) is 20.8 Å². The van der Waals surface area contributed by atoms with E-state index in [1.165, 1.54) is 0 Å². The van der Waals surface area contributed by atoms with Gasteiger partial charge in [0.25, 0.3) is 0 Å². The first-order valence-corrected chi connectivity index (χ1v) is 4.56. The molecule has 70 valence electrons. The van der Waals surface area contributed by atoms with E-state index in [2.05, 4.69) is 24.5 Å². The number of nitrogens with one attached hydrogen (secondary N) is 2. The molecule has 0 spiro atoms. The molecule has 1 saturated heterocycles. The third-order valence-corrected chi connectivity index (χ3v) is 2.53. The third-order valence-electron chi connectivity index (χ3n) is 2.53. The van der Waals surface area contributed by atoms with Crippen molar-refractivity contribution in [3.63, 3.8) is 0 Å². The van der Waals surface area contributed by atoms with Gasteiger partial charge in [-0.25, -0.2) is 0 Å². The molecule has 0 aromatic carbocycles. The second-order valence-electron chi connectivity index (χ2n) is 4.09. The SMILES string of the molecule is CCC(=O)NC1CNCC1(C)C. The molecule has 0 bridgehead atoms. The maximum Gasteiger partial charge on any atom is 0.219 e. The van der Waals surface area contributed by atoms with Crippen molar-refractivity contribution in [3.05, 3.63) is 0 Å². The molecule has 2 N–H and O–H groups in total. The maximum atomic E-state index is 11.1. The smallest absolute Gasteiger partial charge is 0.219 e. The average molecular weight is 170 g/mol. The lowest BCUT2D eigenvalue weighted by Crippen LogP contribution is -2.44. The summed E-state index contributed by atoms with van der Waals surface area (Å²) in [4.78, 5) is 11.1. The van der Waals surface area contributed by atoms with E-state index >= 15 is 0 Å². The fraction of sp³-hybridized carbons (Fsp3) is 0.889. The summed E-state index contributed by atoms with van der Waals surface area (Å²) in [5.41, 5.74) is 0.199. The highest BCUT2D eigenvalue weighted by Gasteiger charge is 2.34. The van der Waals surface area contributed by atoms with Crippen molar-refractivity contribution in [1.29, 1.82) is 0 Å². The average Bonchev–Trinajstić information content (AvgIpc) is 2.31. The van der Waals surface area contributed by atoms with Gasteiger partial charge in [0, 0.05) is 25.6 Å². The van der Waals surface area contributed by atoms with Crippen molar-refractivity contribution in [2.45, 2.75) is 33.2 Å². The summed E-state index contributed by atoms with van der Waals surface area (Å²) >= 11 is 0. The molecule has 0 aromatic rings. The van der Waals surface area contributed by atoms with Crippen LogP contribution in [0.4, 0.5) is 0 Å². The molecular formula is C9H18N2O. The van der Waals surface area contributed by atoms with Crippen molar-refractivity contribution >= 4 is 5.91 Å². The van der Waals surface area contributed by atoms with Crippen molar-refractivity contribution in [1.82, 2.24) is 10.6 Å². The predicted octanol–water partition coefficient (Wildman–Crippen LogP) is 0.511. The Balaban J connectivity index is 2.47. The fourth-order valence-corrected chi connectivity index (χ4v) is 1.48. The van der Waals surface area contributed by atoms with Gasteiger partial charge in [-0.2, -0.15) is 0 Å². The molecule has 0 aromatic heterocycles. The molecule has 1 atom stereocenters. The Hall–Kier alpha value is -0.570. The highest BCUT2D eigenvalue weighted by molar-refractivity contribution is 5.76. The van der Waals surface area contributed by atoms with Crippen LogP contribution in [0.5, 0.6) is 0 Å². The fourth-order valence-electron chi connectivity index (χ4n) is 1.48. The Bertz CT molecular complexity index is 177. The molecule has 1 unspecified atom stereocenters. The number of amides is 1. The Morgan fingerprint density at radius 2 is 2.33 bits per heavy atom. The second-order valence-corrected chi connectivity index (χ2v) is 4.09. The molecule has 1 aliphatic rings. The lowest BCUT2D eigenvalue weighted by atomic mass is 9.88. The minimum atomic E-state index is 0.150. The van der Waals surface area contributed by atoms with Gasteiger partial charge >= 0.3 is 0 Å². The van der Waals surface area contributed by atoms with Crippen LogP contribution in [0.25, 0.3) is 0 Å². The van der Waals surface area contributed by atoms with Crippen LogP contribution in [0.15, 0.2) is 0 Å². The Morgan fingerprint density at radius 3 is 2.75 bits per heavy atom. The number of carbonyl (C=O) groups is 1.